The van der Waals surface area contributed by atoms with Crippen molar-refractivity contribution in [3.8, 4) is 0 Å². The molecule has 0 atom stereocenters. The van der Waals surface area contributed by atoms with Gasteiger partial charge in [-0.25, -0.2) is 4.98 Å². The molecule has 3 rings (SSSR count). The summed E-state index contributed by atoms with van der Waals surface area (Å²) in [5, 5.41) is 3.42. The molecule has 1 saturated heterocycles. The Morgan fingerprint density at radius 2 is 1.87 bits per heavy atom. The van der Waals surface area contributed by atoms with Crippen LogP contribution in [0.4, 0.5) is 19.0 Å². The maximum absolute atomic E-state index is 13.2. The van der Waals surface area contributed by atoms with Gasteiger partial charge in [0.2, 0.25) is 5.91 Å². The van der Waals surface area contributed by atoms with E-state index >= 15 is 0 Å². The molecule has 0 saturated carbocycles. The van der Waals surface area contributed by atoms with Gasteiger partial charge in [-0.3, -0.25) is 4.79 Å². The molecule has 0 unspecified atom stereocenters. The Bertz CT molecular complexity index is 913. The van der Waals surface area contributed by atoms with Crippen molar-refractivity contribution in [1.82, 2.24) is 10.3 Å². The Labute approximate surface area is 183 Å². The number of aromatic nitrogens is 1. The Balaban J connectivity index is 1.75. The van der Waals surface area contributed by atoms with Crippen molar-refractivity contribution in [2.45, 2.75) is 38.9 Å². The highest BCUT2D eigenvalue weighted by atomic mass is 35.5. The van der Waals surface area contributed by atoms with Gasteiger partial charge < -0.3 is 10.2 Å². The van der Waals surface area contributed by atoms with Crippen LogP contribution in [-0.2, 0) is 23.9 Å². The SMILES string of the molecule is CC1CCN(c2nc(C(F)(F)F)ccc2CNC(=O)Cc2cccc(Cl)c2Cl)CC1. The second-order valence-electron chi connectivity index (χ2n) is 7.51. The number of hydrogen-bond donors (Lipinski definition) is 1. The number of piperidine rings is 1. The summed E-state index contributed by atoms with van der Waals surface area (Å²) >= 11 is 12.1. The third-order valence-corrected chi connectivity index (χ3v) is 6.05. The fourth-order valence-electron chi connectivity index (χ4n) is 3.38. The zero-order chi connectivity index (χ0) is 21.9. The van der Waals surface area contributed by atoms with Crippen molar-refractivity contribution in [2.24, 2.45) is 5.92 Å². The molecule has 1 amide bonds. The number of anilines is 1. The third-order valence-electron chi connectivity index (χ3n) is 5.19. The molecule has 0 spiro atoms. The fourth-order valence-corrected chi connectivity index (χ4v) is 3.77. The van der Waals surface area contributed by atoms with Gasteiger partial charge in [-0.1, -0.05) is 48.3 Å². The van der Waals surface area contributed by atoms with Crippen molar-refractivity contribution in [1.29, 1.82) is 0 Å². The molecule has 1 N–H and O–H groups in total. The number of halogens is 5. The van der Waals surface area contributed by atoms with Crippen molar-refractivity contribution in [3.63, 3.8) is 0 Å². The minimum atomic E-state index is -4.52. The van der Waals surface area contributed by atoms with E-state index in [4.69, 9.17) is 23.2 Å². The summed E-state index contributed by atoms with van der Waals surface area (Å²) in [6.07, 6.45) is -2.74. The van der Waals surface area contributed by atoms with E-state index in [1.807, 2.05) is 4.90 Å². The summed E-state index contributed by atoms with van der Waals surface area (Å²) in [6.45, 7) is 3.46. The molecular formula is C21H22Cl2F3N3O. The van der Waals surface area contributed by atoms with Crippen LogP contribution in [0, 0.1) is 5.92 Å². The first kappa shape index (κ1) is 22.7. The van der Waals surface area contributed by atoms with Gasteiger partial charge in [0, 0.05) is 25.2 Å². The molecule has 0 bridgehead atoms. The van der Waals surface area contributed by atoms with E-state index in [-0.39, 0.29) is 24.7 Å². The van der Waals surface area contributed by atoms with Crippen molar-refractivity contribution in [2.75, 3.05) is 18.0 Å². The quantitative estimate of drug-likeness (QED) is 0.641. The molecule has 2 aromatic rings. The summed E-state index contributed by atoms with van der Waals surface area (Å²) in [4.78, 5) is 18.1. The number of pyridine rings is 1. The van der Waals surface area contributed by atoms with E-state index in [1.165, 1.54) is 6.07 Å². The number of nitrogens with one attached hydrogen (secondary N) is 1. The molecule has 9 heteroatoms. The Morgan fingerprint density at radius 1 is 1.17 bits per heavy atom. The predicted molar refractivity (Wildman–Crippen MR) is 112 cm³/mol. The summed E-state index contributed by atoms with van der Waals surface area (Å²) in [5.41, 5.74) is 0.192. The van der Waals surface area contributed by atoms with E-state index < -0.39 is 11.9 Å². The minimum Gasteiger partial charge on any atom is -0.356 e. The number of carbonyl (C=O) groups excluding carboxylic acids is 1. The van der Waals surface area contributed by atoms with Gasteiger partial charge in [0.05, 0.1) is 16.5 Å². The highest BCUT2D eigenvalue weighted by molar-refractivity contribution is 6.42. The lowest BCUT2D eigenvalue weighted by molar-refractivity contribution is -0.141. The predicted octanol–water partition coefficient (Wildman–Crippen LogP) is 5.50. The summed E-state index contributed by atoms with van der Waals surface area (Å²) in [6, 6.07) is 7.37. The molecule has 2 heterocycles. The lowest BCUT2D eigenvalue weighted by Gasteiger charge is -2.33. The molecule has 4 nitrogen and oxygen atoms in total. The molecule has 162 valence electrons. The van der Waals surface area contributed by atoms with Gasteiger partial charge in [-0.15, -0.1) is 0 Å². The van der Waals surface area contributed by atoms with Crippen molar-refractivity contribution in [3.05, 3.63) is 57.2 Å². The number of alkyl halides is 3. The van der Waals surface area contributed by atoms with Gasteiger partial charge >= 0.3 is 6.18 Å². The fraction of sp³-hybridized carbons (Fsp3) is 0.429. The summed E-state index contributed by atoms with van der Waals surface area (Å²) in [7, 11) is 0. The number of benzene rings is 1. The molecule has 1 fully saturated rings. The monoisotopic (exact) mass is 459 g/mol. The smallest absolute Gasteiger partial charge is 0.356 e. The molecule has 0 aliphatic carbocycles. The van der Waals surface area contributed by atoms with Crippen LogP contribution < -0.4 is 10.2 Å². The molecule has 0 radical (unpaired) electrons. The van der Waals surface area contributed by atoms with Crippen LogP contribution >= 0.6 is 23.2 Å². The minimum absolute atomic E-state index is 0.0179. The van der Waals surface area contributed by atoms with Gasteiger partial charge in [0.15, 0.2) is 0 Å². The van der Waals surface area contributed by atoms with E-state index in [0.717, 1.165) is 18.9 Å². The van der Waals surface area contributed by atoms with Gasteiger partial charge in [0.25, 0.3) is 0 Å². The number of amides is 1. The van der Waals surface area contributed by atoms with E-state index in [0.29, 0.717) is 40.2 Å². The number of rotatable bonds is 5. The summed E-state index contributed by atoms with van der Waals surface area (Å²) < 4.78 is 39.5. The first-order valence-corrected chi connectivity index (χ1v) is 10.4. The molecule has 1 aliphatic heterocycles. The van der Waals surface area contributed by atoms with Crippen molar-refractivity contribution >= 4 is 34.9 Å². The topological polar surface area (TPSA) is 45.2 Å². The van der Waals surface area contributed by atoms with Crippen LogP contribution in [0.1, 0.15) is 36.6 Å². The first-order valence-electron chi connectivity index (χ1n) is 9.67. The van der Waals surface area contributed by atoms with Gasteiger partial charge in [-0.05, 0) is 36.5 Å². The highest BCUT2D eigenvalue weighted by Crippen LogP contribution is 2.32. The molecular weight excluding hydrogens is 438 g/mol. The Hall–Kier alpha value is -1.99. The molecule has 1 aromatic carbocycles. The van der Waals surface area contributed by atoms with E-state index in [2.05, 4.69) is 17.2 Å². The Kier molecular flexibility index (Phi) is 7.14. The normalized spacial score (nSPS) is 15.3. The standard InChI is InChI=1S/C21H22Cl2F3N3O/c1-13-7-9-29(10-8-13)20-15(5-6-17(28-20)21(24,25)26)12-27-18(30)11-14-3-2-4-16(22)19(14)23/h2-6,13H,7-12H2,1H3,(H,27,30). The van der Waals surface area contributed by atoms with Crippen LogP contribution in [0.15, 0.2) is 30.3 Å². The Morgan fingerprint density at radius 3 is 2.53 bits per heavy atom. The van der Waals surface area contributed by atoms with Crippen LogP contribution in [-0.4, -0.2) is 24.0 Å². The average molecular weight is 460 g/mol. The first-order chi connectivity index (χ1) is 14.1. The number of hydrogen-bond acceptors (Lipinski definition) is 3. The zero-order valence-electron chi connectivity index (χ0n) is 16.4. The van der Waals surface area contributed by atoms with E-state index in [9.17, 15) is 18.0 Å². The maximum Gasteiger partial charge on any atom is 0.433 e. The summed E-state index contributed by atoms with van der Waals surface area (Å²) in [5.74, 6) is 0.493. The molecule has 1 aromatic heterocycles. The van der Waals surface area contributed by atoms with Gasteiger partial charge in [-0.2, -0.15) is 13.2 Å². The number of carbonyl (C=O) groups is 1. The van der Waals surface area contributed by atoms with Crippen molar-refractivity contribution < 1.29 is 18.0 Å². The zero-order valence-corrected chi connectivity index (χ0v) is 17.9. The maximum atomic E-state index is 13.2. The third kappa shape index (κ3) is 5.58. The second kappa shape index (κ2) is 9.43. The van der Waals surface area contributed by atoms with Gasteiger partial charge in [0.1, 0.15) is 11.5 Å². The largest absolute Gasteiger partial charge is 0.433 e. The average Bonchev–Trinajstić information content (AvgIpc) is 2.70. The van der Waals surface area contributed by atoms with Crippen LogP contribution in [0.2, 0.25) is 10.0 Å². The lowest BCUT2D eigenvalue weighted by atomic mass is 9.99. The van der Waals surface area contributed by atoms with Crippen LogP contribution in [0.5, 0.6) is 0 Å². The van der Waals surface area contributed by atoms with E-state index in [1.54, 1.807) is 18.2 Å². The highest BCUT2D eigenvalue weighted by Gasteiger charge is 2.34. The second-order valence-corrected chi connectivity index (χ2v) is 8.30. The molecule has 30 heavy (non-hydrogen) atoms. The lowest BCUT2D eigenvalue weighted by Crippen LogP contribution is -2.35. The van der Waals surface area contributed by atoms with Crippen LogP contribution in [0.25, 0.3) is 0 Å². The molecule has 1 aliphatic rings. The van der Waals surface area contributed by atoms with Crippen LogP contribution in [0.3, 0.4) is 0 Å². The number of nitrogens with zero attached hydrogens (tertiary/aromatic N) is 2.